The topological polar surface area (TPSA) is 266 Å². The lowest BCUT2D eigenvalue weighted by Crippen LogP contribution is -2.36. The smallest absolute Gasteiger partial charge is 0.386 e. The van der Waals surface area contributed by atoms with Crippen LogP contribution >= 0.6 is 19.0 Å². The third kappa shape index (κ3) is 5.57. The van der Waals surface area contributed by atoms with Gasteiger partial charge in [0.2, 0.25) is 11.9 Å². The van der Waals surface area contributed by atoms with Gasteiger partial charge in [-0.25, -0.2) is 18.9 Å². The molecule has 2 saturated heterocycles. The molecule has 0 spiro atoms. The van der Waals surface area contributed by atoms with Crippen LogP contribution in [0.25, 0.3) is 16.8 Å². The van der Waals surface area contributed by atoms with Crippen LogP contribution in [0.1, 0.15) is 37.2 Å². The van der Waals surface area contributed by atoms with Crippen molar-refractivity contribution in [1.29, 1.82) is 0 Å². The van der Waals surface area contributed by atoms with Crippen molar-refractivity contribution in [3.05, 3.63) is 28.4 Å². The van der Waals surface area contributed by atoms with E-state index in [1.807, 2.05) is 0 Å². The van der Waals surface area contributed by atoms with Crippen LogP contribution in [-0.4, -0.2) is 98.6 Å². The second kappa shape index (κ2) is 11.3. The van der Waals surface area contributed by atoms with Crippen LogP contribution in [0.3, 0.4) is 0 Å². The maximum atomic E-state index is 14.0. The van der Waals surface area contributed by atoms with E-state index in [9.17, 15) is 24.0 Å². The molecule has 1 unspecified atom stereocenters. The van der Waals surface area contributed by atoms with Crippen molar-refractivity contribution in [2.75, 3.05) is 31.4 Å². The summed E-state index contributed by atoms with van der Waals surface area (Å²) in [4.78, 5) is 26.6. The van der Waals surface area contributed by atoms with E-state index >= 15 is 0 Å². The highest BCUT2D eigenvalue weighted by Gasteiger charge is 2.51. The maximum absolute atomic E-state index is 14.0. The van der Waals surface area contributed by atoms with Gasteiger partial charge in [-0.1, -0.05) is 17.5 Å². The number of nitrogen functional groups attached to an aromatic ring is 2. The zero-order valence-electron chi connectivity index (χ0n) is 22.1. The van der Waals surface area contributed by atoms with E-state index in [1.54, 1.807) is 0 Å². The van der Waals surface area contributed by atoms with Crippen LogP contribution < -0.4 is 17.0 Å². The summed E-state index contributed by atoms with van der Waals surface area (Å²) in [6.45, 7) is -6.23. The fourth-order valence-electron chi connectivity index (χ4n) is 5.15. The Hall–Kier alpha value is -3.30. The molecule has 0 saturated carbocycles. The molecule has 4 aromatic heterocycles. The van der Waals surface area contributed by atoms with Crippen LogP contribution in [0, 0.1) is 0 Å². The van der Waals surface area contributed by atoms with Crippen molar-refractivity contribution >= 4 is 47.8 Å². The molecule has 0 aromatic carbocycles. The monoisotopic (exact) mass is 643 g/mol. The van der Waals surface area contributed by atoms with E-state index in [1.165, 1.54) is 17.0 Å². The van der Waals surface area contributed by atoms with E-state index in [0.29, 0.717) is 11.2 Å². The quantitative estimate of drug-likeness (QED) is 0.0935. The summed E-state index contributed by atoms with van der Waals surface area (Å²) in [5, 5.41) is 32.3. The molecular formula is C21H27FN11O8PS. The Kier molecular flexibility index (Phi) is 7.84. The van der Waals surface area contributed by atoms with E-state index < -0.39 is 61.9 Å². The minimum absolute atomic E-state index is 0.107. The van der Waals surface area contributed by atoms with Gasteiger partial charge in [-0.05, 0) is 0 Å². The minimum atomic E-state index is -4.16. The number of nitrogens with one attached hydrogen (secondary N) is 1. The Morgan fingerprint density at radius 3 is 2.91 bits per heavy atom. The lowest BCUT2D eigenvalue weighted by Gasteiger charge is -2.23. The van der Waals surface area contributed by atoms with Gasteiger partial charge in [0.15, 0.2) is 23.0 Å². The van der Waals surface area contributed by atoms with E-state index in [0.717, 1.165) is 4.68 Å². The molecule has 43 heavy (non-hydrogen) atoms. The molecule has 22 heteroatoms. The normalized spacial score (nSPS) is 29.1. The average molecular weight is 644 g/mol. The number of ether oxygens (including phenoxy) is 2. The molecule has 2 fully saturated rings. The predicted octanol–water partition coefficient (Wildman–Crippen LogP) is -0.543. The number of aromatic amines is 1. The number of aliphatic hydroxyl groups is 2. The predicted molar refractivity (Wildman–Crippen MR) is 146 cm³/mol. The van der Waals surface area contributed by atoms with Gasteiger partial charge < -0.3 is 35.7 Å². The molecule has 7 N–H and O–H groups in total. The molecule has 7 atom stereocenters. The van der Waals surface area contributed by atoms with Gasteiger partial charge in [-0.15, -0.1) is 5.10 Å². The fraction of sp³-hybridized carbons (Fsp3) is 0.571. The number of anilines is 2. The largest absolute Gasteiger partial charge is 0.393 e. The van der Waals surface area contributed by atoms with Crippen LogP contribution in [0.5, 0.6) is 0 Å². The first-order valence-corrected chi connectivity index (χ1v) is 15.6. The van der Waals surface area contributed by atoms with Crippen LogP contribution in [0.2, 0.25) is 0 Å². The molecular weight excluding hydrogens is 616 g/mol. The minimum Gasteiger partial charge on any atom is -0.393 e. The number of thiol groups is 1. The first-order valence-electron chi connectivity index (χ1n) is 12.9. The SMILES string of the molecule is Nc1nc2c(nnn2[C@@H]2O[C@@](CO)(CF)C[C@H]2OP(=O)(S)OCC[C@H]2O[C@@H](c3cnn4c(N)ncnc34)C[C@@H]2O)c(=O)[nH]1. The summed E-state index contributed by atoms with van der Waals surface area (Å²) < 4.78 is 52.5. The highest BCUT2D eigenvalue weighted by atomic mass is 32.7. The standard InChI is InChI=1S/C21H27FN11O8PS/c22-6-21(7-34)4-13(18(40-21)32-16-14(30-31-32)17(36)29-19(23)28-16)41-42(37,43)38-2-1-11-10(35)3-12(39-11)9-5-27-33-15(9)25-8-26-20(33)24/h5,8,10-13,18,34-35H,1-4,6-7H2,(H,37,43)(H2,24,25,26)(H3,23,28,29,36)/t10-,11+,12+,13+,18+,21+,42?/m0/s1. The highest BCUT2D eigenvalue weighted by Crippen LogP contribution is 2.57. The van der Waals surface area contributed by atoms with Crippen molar-refractivity contribution in [2.45, 2.75) is 55.5 Å². The van der Waals surface area contributed by atoms with E-state index in [-0.39, 0.29) is 48.9 Å². The van der Waals surface area contributed by atoms with Crippen molar-refractivity contribution < 1.29 is 37.7 Å². The summed E-state index contributed by atoms with van der Waals surface area (Å²) in [5.74, 6) is -0.0934. The molecule has 0 bridgehead atoms. The Labute approximate surface area is 245 Å². The third-order valence-electron chi connectivity index (χ3n) is 7.24. The van der Waals surface area contributed by atoms with Crippen molar-refractivity contribution in [3.63, 3.8) is 0 Å². The van der Waals surface area contributed by atoms with Gasteiger partial charge in [-0.2, -0.15) is 19.3 Å². The molecule has 2 aliphatic heterocycles. The molecule has 19 nitrogen and oxygen atoms in total. The number of aromatic nitrogens is 9. The Morgan fingerprint density at radius 2 is 2.14 bits per heavy atom. The fourth-order valence-corrected chi connectivity index (χ4v) is 6.68. The van der Waals surface area contributed by atoms with Crippen molar-refractivity contribution in [2.24, 2.45) is 0 Å². The molecule has 2 aliphatic rings. The summed E-state index contributed by atoms with van der Waals surface area (Å²) in [6, 6.07) is 0. The lowest BCUT2D eigenvalue weighted by atomic mass is 10.0. The number of hydrogen-bond donors (Lipinski definition) is 6. The summed E-state index contributed by atoms with van der Waals surface area (Å²) in [5.41, 5.74) is 9.82. The molecule has 6 rings (SSSR count). The zero-order chi connectivity index (χ0) is 30.5. The number of halogens is 1. The first-order chi connectivity index (χ1) is 20.5. The molecule has 0 radical (unpaired) electrons. The number of aliphatic hydroxyl groups excluding tert-OH is 2. The van der Waals surface area contributed by atoms with Crippen molar-refractivity contribution in [1.82, 2.24) is 44.5 Å². The molecule has 0 amide bonds. The lowest BCUT2D eigenvalue weighted by molar-refractivity contribution is -0.119. The second-order valence-corrected chi connectivity index (χ2v) is 13.0. The Balaban J connectivity index is 1.13. The van der Waals surface area contributed by atoms with Crippen LogP contribution in [-0.2, 0) is 23.1 Å². The average Bonchev–Trinajstić information content (AvgIpc) is 3.73. The summed E-state index contributed by atoms with van der Waals surface area (Å²) >= 11 is 4.06. The number of rotatable bonds is 10. The highest BCUT2D eigenvalue weighted by molar-refractivity contribution is 8.44. The third-order valence-corrected chi connectivity index (χ3v) is 8.92. The summed E-state index contributed by atoms with van der Waals surface area (Å²) in [7, 11) is 0. The van der Waals surface area contributed by atoms with Gasteiger partial charge >= 0.3 is 6.80 Å². The number of nitrogens with zero attached hydrogens (tertiary/aromatic N) is 8. The molecule has 0 aliphatic carbocycles. The number of alkyl halides is 1. The van der Waals surface area contributed by atoms with Gasteiger partial charge in [0.1, 0.15) is 24.7 Å². The van der Waals surface area contributed by atoms with Gasteiger partial charge in [-0.3, -0.25) is 14.3 Å². The number of hydrogen-bond acceptors (Lipinski definition) is 16. The molecule has 6 heterocycles. The number of H-pyrrole nitrogens is 1. The Bertz CT molecular complexity index is 1750. The Morgan fingerprint density at radius 1 is 1.33 bits per heavy atom. The van der Waals surface area contributed by atoms with E-state index in [4.69, 9.17) is 30.0 Å². The van der Waals surface area contributed by atoms with Crippen LogP contribution in [0.15, 0.2) is 17.3 Å². The first kappa shape index (κ1) is 29.8. The second-order valence-electron chi connectivity index (χ2n) is 10.1. The molecule has 232 valence electrons. The van der Waals surface area contributed by atoms with E-state index in [2.05, 4.69) is 47.6 Å². The number of fused-ring (bicyclic) bond motifs is 2. The molecule has 4 aromatic rings. The van der Waals surface area contributed by atoms with Gasteiger partial charge in [0.05, 0.1) is 37.7 Å². The van der Waals surface area contributed by atoms with Crippen LogP contribution in [0.4, 0.5) is 16.3 Å². The summed E-state index contributed by atoms with van der Waals surface area (Å²) in [6.07, 6.45) is -1.78. The zero-order valence-corrected chi connectivity index (χ0v) is 23.9. The number of nitrogens with two attached hydrogens (primary N) is 2. The van der Waals surface area contributed by atoms with Gasteiger partial charge in [0, 0.05) is 24.8 Å². The maximum Gasteiger partial charge on any atom is 0.386 e. The van der Waals surface area contributed by atoms with Crippen molar-refractivity contribution in [3.8, 4) is 0 Å². The van der Waals surface area contributed by atoms with Gasteiger partial charge in [0.25, 0.3) is 5.56 Å².